The van der Waals surface area contributed by atoms with Crippen LogP contribution in [-0.4, -0.2) is 18.7 Å². The van der Waals surface area contributed by atoms with E-state index >= 15 is 0 Å². The average molecular weight is 427 g/mol. The number of hydrogen-bond donors (Lipinski definition) is 1. The number of carbonyl (C=O) groups is 1. The normalized spacial score (nSPS) is 33.3. The number of alkyl halides is 2. The fourth-order valence-electron chi connectivity index (χ4n) is 6.56. The Bertz CT molecular complexity index is 751. The summed E-state index contributed by atoms with van der Waals surface area (Å²) >= 11 is 3.11. The predicted octanol–water partition coefficient (Wildman–Crippen LogP) is 5.58. The van der Waals surface area contributed by atoms with E-state index in [1.54, 1.807) is 0 Å². The first-order valence-corrected chi connectivity index (χ1v) is 10.7. The number of thiol groups is 1. The molecule has 4 fully saturated rings. The van der Waals surface area contributed by atoms with Gasteiger partial charge in [0.05, 0.1) is 6.61 Å². The van der Waals surface area contributed by atoms with Crippen LogP contribution in [0, 0.1) is 17.3 Å². The van der Waals surface area contributed by atoms with Crippen molar-refractivity contribution in [2.45, 2.75) is 69.8 Å². The molecule has 4 saturated carbocycles. The highest BCUT2D eigenvalue weighted by Crippen LogP contribution is 2.65. The maximum Gasteiger partial charge on any atom is 0.483 e. The highest BCUT2D eigenvalue weighted by atomic mass is 32.1. The van der Waals surface area contributed by atoms with E-state index in [1.807, 2.05) is 0 Å². The van der Waals surface area contributed by atoms with Gasteiger partial charge in [-0.15, -0.1) is 4.89 Å². The minimum absolute atomic E-state index is 0.00379. The molecule has 2 unspecified atom stereocenters. The summed E-state index contributed by atoms with van der Waals surface area (Å²) in [6.07, 6.45) is 2.02. The molecular formula is C22H28F2O4S. The van der Waals surface area contributed by atoms with Crippen molar-refractivity contribution in [3.8, 4) is 0 Å². The first-order valence-electron chi connectivity index (χ1n) is 10.3. The lowest BCUT2D eigenvalue weighted by atomic mass is 9.43. The summed E-state index contributed by atoms with van der Waals surface area (Å²) in [5, 5.41) is 0. The van der Waals surface area contributed by atoms with E-state index in [2.05, 4.69) is 60.2 Å². The molecule has 7 heteroatoms. The minimum Gasteiger partial charge on any atom is -0.459 e. The van der Waals surface area contributed by atoms with Crippen molar-refractivity contribution >= 4 is 18.9 Å². The highest BCUT2D eigenvalue weighted by Gasteiger charge is 2.59. The van der Waals surface area contributed by atoms with E-state index in [0.29, 0.717) is 17.8 Å². The Morgan fingerprint density at radius 2 is 1.79 bits per heavy atom. The lowest BCUT2D eigenvalue weighted by Crippen LogP contribution is -2.56. The Hall–Kier alpha value is -1.18. The van der Waals surface area contributed by atoms with Crippen LogP contribution < -0.4 is 0 Å². The zero-order valence-electron chi connectivity index (χ0n) is 16.8. The minimum atomic E-state index is -4.16. The van der Waals surface area contributed by atoms with E-state index in [4.69, 9.17) is 4.74 Å². The van der Waals surface area contributed by atoms with Crippen LogP contribution in [0.15, 0.2) is 24.3 Å². The molecule has 0 spiro atoms. The lowest BCUT2D eigenvalue weighted by molar-refractivity contribution is -0.369. The molecule has 0 saturated heterocycles. The Morgan fingerprint density at radius 3 is 2.34 bits per heavy atom. The smallest absolute Gasteiger partial charge is 0.459 e. The second kappa shape index (κ2) is 7.50. The van der Waals surface area contributed by atoms with Gasteiger partial charge in [-0.2, -0.15) is 13.1 Å². The Kier molecular flexibility index (Phi) is 5.45. The maximum atomic E-state index is 13.5. The molecule has 4 aliphatic carbocycles. The number of ether oxygens (including phenoxy) is 1. The zero-order chi connectivity index (χ0) is 20.9. The van der Waals surface area contributed by atoms with Crippen LogP contribution in [0.3, 0.4) is 0 Å². The van der Waals surface area contributed by atoms with Crippen molar-refractivity contribution in [2.75, 3.05) is 6.61 Å². The fourth-order valence-corrected chi connectivity index (χ4v) is 6.66. The van der Waals surface area contributed by atoms with E-state index in [9.17, 15) is 13.6 Å². The molecule has 2 atom stereocenters. The molecule has 0 aromatic heterocycles. The summed E-state index contributed by atoms with van der Waals surface area (Å²) < 4.78 is 35.8. The third-order valence-corrected chi connectivity index (χ3v) is 7.34. The number of rotatable bonds is 7. The van der Waals surface area contributed by atoms with Gasteiger partial charge in [-0.05, 0) is 72.8 Å². The molecule has 1 aromatic rings. The number of esters is 1. The van der Waals surface area contributed by atoms with E-state index in [0.717, 1.165) is 32.1 Å². The van der Waals surface area contributed by atoms with Gasteiger partial charge in [0.2, 0.25) is 0 Å². The molecule has 4 nitrogen and oxygen atoms in total. The second-order valence-corrected chi connectivity index (χ2v) is 9.92. The first kappa shape index (κ1) is 21.1. The van der Waals surface area contributed by atoms with Crippen LogP contribution in [0.1, 0.15) is 69.4 Å². The van der Waals surface area contributed by atoms with Crippen LogP contribution in [0.4, 0.5) is 8.78 Å². The largest absolute Gasteiger partial charge is 0.483 e. The molecule has 29 heavy (non-hydrogen) atoms. The number of halogens is 2. The predicted molar refractivity (Wildman–Crippen MR) is 106 cm³/mol. The van der Waals surface area contributed by atoms with Crippen LogP contribution >= 0.6 is 12.9 Å². The molecule has 0 aliphatic heterocycles. The van der Waals surface area contributed by atoms with Crippen molar-refractivity contribution < 1.29 is 27.5 Å². The summed E-state index contributed by atoms with van der Waals surface area (Å²) in [5.41, 5.74) is 2.47. The van der Waals surface area contributed by atoms with Gasteiger partial charge in [0.15, 0.2) is 0 Å². The van der Waals surface area contributed by atoms with Gasteiger partial charge in [-0.1, -0.05) is 38.1 Å². The van der Waals surface area contributed by atoms with Crippen LogP contribution in [0.5, 0.6) is 0 Å². The van der Waals surface area contributed by atoms with E-state index < -0.39 is 12.1 Å². The number of carbonyl (C=O) groups excluding carboxylic acids is 1. The van der Waals surface area contributed by atoms with Crippen molar-refractivity contribution in [3.05, 3.63) is 35.4 Å². The van der Waals surface area contributed by atoms with Gasteiger partial charge < -0.3 is 4.74 Å². The van der Waals surface area contributed by atoms with E-state index in [1.165, 1.54) is 17.5 Å². The first-order chi connectivity index (χ1) is 13.7. The van der Waals surface area contributed by atoms with Gasteiger partial charge >= 0.3 is 12.1 Å². The molecule has 4 bridgehead atoms. The van der Waals surface area contributed by atoms with Gasteiger partial charge in [0.1, 0.15) is 0 Å². The molecule has 4 aliphatic rings. The highest BCUT2D eigenvalue weighted by molar-refractivity contribution is 7.74. The van der Waals surface area contributed by atoms with Gasteiger partial charge in [0, 0.05) is 18.3 Å². The Labute approximate surface area is 175 Å². The summed E-state index contributed by atoms with van der Waals surface area (Å²) in [7, 11) is 0. The molecule has 160 valence electrons. The van der Waals surface area contributed by atoms with Gasteiger partial charge in [0.25, 0.3) is 0 Å². The average Bonchev–Trinajstić information content (AvgIpc) is 2.65. The molecule has 0 heterocycles. The van der Waals surface area contributed by atoms with Crippen LogP contribution in [0.2, 0.25) is 0 Å². The van der Waals surface area contributed by atoms with Crippen molar-refractivity contribution in [1.82, 2.24) is 0 Å². The summed E-state index contributed by atoms with van der Waals surface area (Å²) in [6.45, 7) is 4.36. The molecule has 0 amide bonds. The van der Waals surface area contributed by atoms with Crippen LogP contribution in [0.25, 0.3) is 0 Å². The summed E-state index contributed by atoms with van der Waals surface area (Å²) in [5.74, 6) is -0.136. The fraction of sp³-hybridized carbons (Fsp3) is 0.682. The summed E-state index contributed by atoms with van der Waals surface area (Å²) in [4.78, 5) is 15.4. The molecular weight excluding hydrogens is 398 g/mol. The maximum absolute atomic E-state index is 13.5. The number of benzene rings is 1. The number of hydrogen-bond acceptors (Lipinski definition) is 5. The van der Waals surface area contributed by atoms with Crippen molar-refractivity contribution in [1.29, 1.82) is 0 Å². The molecule has 0 radical (unpaired) electrons. The van der Waals surface area contributed by atoms with E-state index in [-0.39, 0.29) is 17.4 Å². The molecule has 1 aromatic carbocycles. The Morgan fingerprint density at radius 1 is 1.17 bits per heavy atom. The molecule has 0 N–H and O–H groups in total. The van der Waals surface area contributed by atoms with Gasteiger partial charge in [-0.25, -0.2) is 4.79 Å². The van der Waals surface area contributed by atoms with Crippen molar-refractivity contribution in [3.63, 3.8) is 0 Å². The topological polar surface area (TPSA) is 44.8 Å². The zero-order valence-corrected chi connectivity index (χ0v) is 17.7. The SMILES string of the molecule is CC(C)c1ccc(C23CC4CC(CC(COC(=O)C(F)(F)OOS)(C4)C2)C3)cc1. The Balaban J connectivity index is 1.53. The summed E-state index contributed by atoms with van der Waals surface area (Å²) in [6, 6.07) is 8.91. The van der Waals surface area contributed by atoms with Crippen LogP contribution in [-0.2, 0) is 24.2 Å². The third kappa shape index (κ3) is 3.93. The quantitative estimate of drug-likeness (QED) is 0.203. The molecule has 5 rings (SSSR count). The van der Waals surface area contributed by atoms with Gasteiger partial charge in [-0.3, -0.25) is 0 Å². The monoisotopic (exact) mass is 426 g/mol. The lowest BCUT2D eigenvalue weighted by Gasteiger charge is -2.62. The standard InChI is InChI=1S/C22H28F2O4S/c1-14(2)17-3-5-18(6-4-17)21-10-15-7-16(11-21)9-20(8-15,12-21)13-26-19(25)22(23,24)27-28-29/h3-6,14-16,29H,7-13H2,1-2H3. The second-order valence-electron chi connectivity index (χ2n) is 9.77. The van der Waals surface area contributed by atoms with Crippen molar-refractivity contribution in [2.24, 2.45) is 17.3 Å². The third-order valence-electron chi connectivity index (χ3n) is 7.26.